The summed E-state index contributed by atoms with van der Waals surface area (Å²) in [4.78, 5) is 15.3. The number of amides is 1. The molecule has 0 aromatic heterocycles. The van der Waals surface area contributed by atoms with Gasteiger partial charge in [-0.15, -0.1) is 0 Å². The predicted octanol–water partition coefficient (Wildman–Crippen LogP) is 4.06. The van der Waals surface area contributed by atoms with Crippen molar-refractivity contribution in [3.8, 4) is 0 Å². The molecule has 1 N–H and O–H groups in total. The highest BCUT2D eigenvalue weighted by molar-refractivity contribution is 7.92. The van der Waals surface area contributed by atoms with Crippen molar-refractivity contribution in [1.29, 1.82) is 0 Å². The summed E-state index contributed by atoms with van der Waals surface area (Å²) < 4.78 is 26.0. The Kier molecular flexibility index (Phi) is 7.86. The van der Waals surface area contributed by atoms with Crippen LogP contribution in [0.15, 0.2) is 42.5 Å². The Morgan fingerprint density at radius 3 is 2.26 bits per heavy atom. The first kappa shape index (κ1) is 23.9. The van der Waals surface area contributed by atoms with Gasteiger partial charge in [-0.25, -0.2) is 8.42 Å². The molecule has 0 spiro atoms. The third-order valence-electron chi connectivity index (χ3n) is 5.35. The fourth-order valence-corrected chi connectivity index (χ4v) is 5.54. The zero-order chi connectivity index (χ0) is 22.6. The summed E-state index contributed by atoms with van der Waals surface area (Å²) in [6.45, 7) is 4.88. The number of halogens is 2. The normalized spacial score (nSPS) is 15.6. The molecule has 1 atom stereocenters. The third-order valence-corrected chi connectivity index (χ3v) is 7.03. The summed E-state index contributed by atoms with van der Waals surface area (Å²) in [6, 6.07) is 11.5. The topological polar surface area (TPSA) is 69.7 Å². The highest BCUT2D eigenvalue weighted by Gasteiger charge is 2.29. The number of hydrogen-bond acceptors (Lipinski definition) is 4. The maximum absolute atomic E-state index is 12.9. The molecule has 1 aliphatic heterocycles. The molecule has 0 radical (unpaired) electrons. The third kappa shape index (κ3) is 6.35. The van der Waals surface area contributed by atoms with Gasteiger partial charge in [0, 0.05) is 23.1 Å². The molecule has 3 rings (SSSR count). The van der Waals surface area contributed by atoms with Gasteiger partial charge in [0.15, 0.2) is 0 Å². The second kappa shape index (κ2) is 10.2. The quantitative estimate of drug-likeness (QED) is 0.614. The van der Waals surface area contributed by atoms with E-state index in [0.717, 1.165) is 35.8 Å². The van der Waals surface area contributed by atoms with Crippen molar-refractivity contribution >= 4 is 44.8 Å². The van der Waals surface area contributed by atoms with E-state index < -0.39 is 22.0 Å². The van der Waals surface area contributed by atoms with Gasteiger partial charge in [0.2, 0.25) is 15.9 Å². The Hall–Kier alpha value is -1.80. The molecular weight excluding hydrogens is 457 g/mol. The lowest BCUT2D eigenvalue weighted by Gasteiger charge is -2.28. The second-order valence-electron chi connectivity index (χ2n) is 7.83. The number of anilines is 1. The van der Waals surface area contributed by atoms with Crippen molar-refractivity contribution in [2.24, 2.45) is 0 Å². The number of hydrogen-bond donors (Lipinski definition) is 1. The maximum atomic E-state index is 12.9. The number of rotatable bonds is 8. The lowest BCUT2D eigenvalue weighted by Crippen LogP contribution is -2.47. The van der Waals surface area contributed by atoms with Gasteiger partial charge < -0.3 is 5.32 Å². The summed E-state index contributed by atoms with van der Waals surface area (Å²) in [7, 11) is -3.75. The van der Waals surface area contributed by atoms with E-state index in [1.807, 2.05) is 18.2 Å². The van der Waals surface area contributed by atoms with E-state index in [-0.39, 0.29) is 5.69 Å². The molecule has 2 aromatic rings. The molecule has 6 nitrogen and oxygen atoms in total. The van der Waals surface area contributed by atoms with E-state index in [4.69, 9.17) is 23.2 Å². The Morgan fingerprint density at radius 1 is 1.10 bits per heavy atom. The van der Waals surface area contributed by atoms with Gasteiger partial charge in [0.1, 0.15) is 6.04 Å². The van der Waals surface area contributed by atoms with Crippen LogP contribution in [0.1, 0.15) is 30.9 Å². The fourth-order valence-electron chi connectivity index (χ4n) is 3.87. The minimum atomic E-state index is -3.75. The van der Waals surface area contributed by atoms with Gasteiger partial charge in [-0.2, -0.15) is 0 Å². The van der Waals surface area contributed by atoms with Crippen LogP contribution in [0.25, 0.3) is 0 Å². The number of carbonyl (C=O) groups excluding carboxylic acids is 1. The first-order valence-corrected chi connectivity index (χ1v) is 12.8. The van der Waals surface area contributed by atoms with Crippen molar-refractivity contribution in [3.63, 3.8) is 0 Å². The molecule has 0 bridgehead atoms. The lowest BCUT2D eigenvalue weighted by atomic mass is 10.1. The number of sulfonamides is 1. The number of nitrogens with one attached hydrogen (secondary N) is 1. The molecule has 1 heterocycles. The zero-order valence-electron chi connectivity index (χ0n) is 17.6. The molecule has 1 aliphatic rings. The number of nitrogens with zero attached hydrogens (tertiary/aromatic N) is 2. The van der Waals surface area contributed by atoms with E-state index in [9.17, 15) is 13.2 Å². The average molecular weight is 484 g/mol. The molecule has 0 aliphatic carbocycles. The van der Waals surface area contributed by atoms with E-state index >= 15 is 0 Å². The van der Waals surface area contributed by atoms with E-state index in [0.29, 0.717) is 16.6 Å². The van der Waals surface area contributed by atoms with Gasteiger partial charge in [-0.3, -0.25) is 14.0 Å². The van der Waals surface area contributed by atoms with Gasteiger partial charge in [-0.05, 0) is 62.2 Å². The van der Waals surface area contributed by atoms with Crippen molar-refractivity contribution in [3.05, 3.63) is 63.6 Å². The highest BCUT2D eigenvalue weighted by atomic mass is 35.5. The Labute approximate surface area is 194 Å². The smallest absolute Gasteiger partial charge is 0.243 e. The fraction of sp³-hybridized carbons (Fsp3) is 0.409. The molecule has 168 valence electrons. The summed E-state index contributed by atoms with van der Waals surface area (Å²) in [6.07, 6.45) is 3.48. The minimum Gasteiger partial charge on any atom is -0.350 e. The number of benzene rings is 2. The van der Waals surface area contributed by atoms with Crippen LogP contribution in [0.3, 0.4) is 0 Å². The van der Waals surface area contributed by atoms with E-state index in [1.165, 1.54) is 36.6 Å². The average Bonchev–Trinajstić information content (AvgIpc) is 3.18. The van der Waals surface area contributed by atoms with Crippen molar-refractivity contribution in [2.75, 3.05) is 23.7 Å². The SMILES string of the molecule is C[C@H](C(=O)NCc1ccccc1CN1CCCC1)N(c1cc(Cl)cc(Cl)c1)S(C)(=O)=O. The number of carbonyl (C=O) groups is 1. The minimum absolute atomic E-state index is 0.247. The molecule has 31 heavy (non-hydrogen) atoms. The highest BCUT2D eigenvalue weighted by Crippen LogP contribution is 2.28. The van der Waals surface area contributed by atoms with Crippen molar-refractivity contribution < 1.29 is 13.2 Å². The molecule has 0 saturated carbocycles. The Morgan fingerprint density at radius 2 is 1.68 bits per heavy atom. The van der Waals surface area contributed by atoms with Crippen molar-refractivity contribution in [2.45, 2.75) is 38.9 Å². The first-order valence-electron chi connectivity index (χ1n) is 10.2. The van der Waals surface area contributed by atoms with E-state index in [1.54, 1.807) is 6.92 Å². The van der Waals surface area contributed by atoms with Crippen LogP contribution < -0.4 is 9.62 Å². The van der Waals surface area contributed by atoms with Crippen LogP contribution in [-0.4, -0.2) is 44.6 Å². The molecular formula is C22H27Cl2N3O3S. The second-order valence-corrected chi connectivity index (χ2v) is 10.6. The first-order chi connectivity index (χ1) is 14.6. The largest absolute Gasteiger partial charge is 0.350 e. The van der Waals surface area contributed by atoms with Crippen LogP contribution in [0, 0.1) is 0 Å². The molecule has 1 saturated heterocycles. The predicted molar refractivity (Wildman–Crippen MR) is 126 cm³/mol. The zero-order valence-corrected chi connectivity index (χ0v) is 20.0. The van der Waals surface area contributed by atoms with Crippen LogP contribution in [-0.2, 0) is 27.9 Å². The van der Waals surface area contributed by atoms with Crippen molar-refractivity contribution in [1.82, 2.24) is 10.2 Å². The molecule has 0 unspecified atom stereocenters. The molecule has 1 amide bonds. The van der Waals surface area contributed by atoms with Crippen LogP contribution in [0.4, 0.5) is 5.69 Å². The standard InChI is InChI=1S/C22H27Cl2N3O3S/c1-16(27(31(2,29)30)21-12-19(23)11-20(24)13-21)22(28)25-14-17-7-3-4-8-18(17)15-26-9-5-6-10-26/h3-4,7-8,11-13,16H,5-6,9-10,14-15H2,1-2H3,(H,25,28)/t16-/m1/s1. The van der Waals surface area contributed by atoms with Gasteiger partial charge in [0.25, 0.3) is 0 Å². The van der Waals surface area contributed by atoms with E-state index in [2.05, 4.69) is 16.3 Å². The lowest BCUT2D eigenvalue weighted by molar-refractivity contribution is -0.122. The number of likely N-dealkylation sites (tertiary alicyclic amines) is 1. The molecule has 1 fully saturated rings. The summed E-state index contributed by atoms with van der Waals surface area (Å²) in [5.74, 6) is -0.405. The Balaban J connectivity index is 1.74. The van der Waals surface area contributed by atoms with Gasteiger partial charge >= 0.3 is 0 Å². The van der Waals surface area contributed by atoms with Gasteiger partial charge in [-0.1, -0.05) is 47.5 Å². The van der Waals surface area contributed by atoms with Gasteiger partial charge in [0.05, 0.1) is 11.9 Å². The van der Waals surface area contributed by atoms with Crippen LogP contribution in [0.2, 0.25) is 10.0 Å². The summed E-state index contributed by atoms with van der Waals surface area (Å²) >= 11 is 12.1. The molecule has 2 aromatic carbocycles. The monoisotopic (exact) mass is 483 g/mol. The Bertz CT molecular complexity index is 1020. The molecule has 9 heteroatoms. The summed E-state index contributed by atoms with van der Waals surface area (Å²) in [5.41, 5.74) is 2.43. The summed E-state index contributed by atoms with van der Waals surface area (Å²) in [5, 5.41) is 3.47. The maximum Gasteiger partial charge on any atom is 0.243 e. The van der Waals surface area contributed by atoms with Crippen LogP contribution >= 0.6 is 23.2 Å². The van der Waals surface area contributed by atoms with Crippen LogP contribution in [0.5, 0.6) is 0 Å².